The van der Waals surface area contributed by atoms with E-state index in [4.69, 9.17) is 11.6 Å². The molecule has 15 heavy (non-hydrogen) atoms. The van der Waals surface area contributed by atoms with Crippen molar-refractivity contribution in [3.63, 3.8) is 0 Å². The second-order valence-electron chi connectivity index (χ2n) is 4.21. The molecule has 1 aliphatic rings. The SMILES string of the molecule is Cc1ccc(NC2CCCC2O)cc1Cl. The van der Waals surface area contributed by atoms with Crippen molar-refractivity contribution in [2.75, 3.05) is 5.32 Å². The lowest BCUT2D eigenvalue weighted by Crippen LogP contribution is -2.27. The maximum absolute atomic E-state index is 9.68. The second-order valence-corrected chi connectivity index (χ2v) is 4.62. The number of hydrogen-bond acceptors (Lipinski definition) is 2. The van der Waals surface area contributed by atoms with Gasteiger partial charge in [-0.15, -0.1) is 0 Å². The van der Waals surface area contributed by atoms with Gasteiger partial charge in [-0.1, -0.05) is 17.7 Å². The predicted octanol–water partition coefficient (Wildman–Crippen LogP) is 2.97. The number of anilines is 1. The van der Waals surface area contributed by atoms with E-state index in [1.54, 1.807) is 0 Å². The summed E-state index contributed by atoms with van der Waals surface area (Å²) in [7, 11) is 0. The predicted molar refractivity (Wildman–Crippen MR) is 63.5 cm³/mol. The zero-order chi connectivity index (χ0) is 10.8. The Balaban J connectivity index is 2.07. The van der Waals surface area contributed by atoms with Gasteiger partial charge in [-0.2, -0.15) is 0 Å². The largest absolute Gasteiger partial charge is 0.391 e. The molecule has 0 radical (unpaired) electrons. The first-order chi connectivity index (χ1) is 7.16. The summed E-state index contributed by atoms with van der Waals surface area (Å²) in [5.41, 5.74) is 2.07. The molecule has 1 aromatic rings. The molecule has 1 saturated carbocycles. The maximum atomic E-state index is 9.68. The molecule has 0 aromatic heterocycles. The summed E-state index contributed by atoms with van der Waals surface area (Å²) in [6.45, 7) is 1.98. The van der Waals surface area contributed by atoms with Gasteiger partial charge in [0.15, 0.2) is 0 Å². The third-order valence-corrected chi connectivity index (χ3v) is 3.41. The van der Waals surface area contributed by atoms with Gasteiger partial charge in [0, 0.05) is 10.7 Å². The lowest BCUT2D eigenvalue weighted by molar-refractivity contribution is 0.172. The van der Waals surface area contributed by atoms with E-state index in [1.165, 1.54) is 0 Å². The minimum absolute atomic E-state index is 0.184. The van der Waals surface area contributed by atoms with E-state index < -0.39 is 0 Å². The van der Waals surface area contributed by atoms with Crippen LogP contribution in [0.4, 0.5) is 5.69 Å². The van der Waals surface area contributed by atoms with Crippen LogP contribution in [0, 0.1) is 6.92 Å². The van der Waals surface area contributed by atoms with Crippen molar-refractivity contribution in [2.45, 2.75) is 38.3 Å². The van der Waals surface area contributed by atoms with Gasteiger partial charge in [0.2, 0.25) is 0 Å². The van der Waals surface area contributed by atoms with Crippen LogP contribution in [0.1, 0.15) is 24.8 Å². The third kappa shape index (κ3) is 2.44. The zero-order valence-corrected chi connectivity index (χ0v) is 9.59. The molecule has 3 heteroatoms. The lowest BCUT2D eigenvalue weighted by Gasteiger charge is -2.18. The number of aliphatic hydroxyl groups is 1. The molecule has 2 unspecified atom stereocenters. The highest BCUT2D eigenvalue weighted by Crippen LogP contribution is 2.25. The Kier molecular flexibility index (Phi) is 3.17. The van der Waals surface area contributed by atoms with Crippen LogP contribution in [0.2, 0.25) is 5.02 Å². The van der Waals surface area contributed by atoms with Crippen molar-refractivity contribution in [1.29, 1.82) is 0 Å². The van der Waals surface area contributed by atoms with Crippen molar-refractivity contribution in [2.24, 2.45) is 0 Å². The van der Waals surface area contributed by atoms with Gasteiger partial charge < -0.3 is 10.4 Å². The van der Waals surface area contributed by atoms with Crippen LogP contribution >= 0.6 is 11.6 Å². The van der Waals surface area contributed by atoms with E-state index in [-0.39, 0.29) is 12.1 Å². The summed E-state index contributed by atoms with van der Waals surface area (Å²) in [4.78, 5) is 0. The zero-order valence-electron chi connectivity index (χ0n) is 8.83. The average molecular weight is 226 g/mol. The molecule has 0 amide bonds. The molecule has 2 nitrogen and oxygen atoms in total. The van der Waals surface area contributed by atoms with Gasteiger partial charge in [-0.3, -0.25) is 0 Å². The van der Waals surface area contributed by atoms with Gasteiger partial charge in [0.25, 0.3) is 0 Å². The van der Waals surface area contributed by atoms with Crippen LogP contribution in [0.5, 0.6) is 0 Å². The Labute approximate surface area is 95.3 Å². The number of hydrogen-bond donors (Lipinski definition) is 2. The van der Waals surface area contributed by atoms with Crippen molar-refractivity contribution < 1.29 is 5.11 Å². The second kappa shape index (κ2) is 4.42. The van der Waals surface area contributed by atoms with Gasteiger partial charge in [-0.05, 0) is 43.9 Å². The van der Waals surface area contributed by atoms with Crippen LogP contribution in [-0.2, 0) is 0 Å². The minimum Gasteiger partial charge on any atom is -0.391 e. The maximum Gasteiger partial charge on any atom is 0.0741 e. The highest BCUT2D eigenvalue weighted by atomic mass is 35.5. The van der Waals surface area contributed by atoms with Crippen LogP contribution in [-0.4, -0.2) is 17.3 Å². The van der Waals surface area contributed by atoms with E-state index in [9.17, 15) is 5.11 Å². The number of rotatable bonds is 2. The molecule has 2 N–H and O–H groups in total. The van der Waals surface area contributed by atoms with Crippen LogP contribution in [0.3, 0.4) is 0 Å². The standard InChI is InChI=1S/C12H16ClNO/c1-8-5-6-9(7-10(8)13)14-11-3-2-4-12(11)15/h5-7,11-12,14-15H,2-4H2,1H3. The Morgan fingerprint density at radius 3 is 2.80 bits per heavy atom. The van der Waals surface area contributed by atoms with Crippen molar-refractivity contribution in [1.82, 2.24) is 0 Å². The van der Waals surface area contributed by atoms with E-state index in [2.05, 4.69) is 5.32 Å². The molecule has 0 saturated heterocycles. The summed E-state index contributed by atoms with van der Waals surface area (Å²) in [6, 6.07) is 6.10. The van der Waals surface area contributed by atoms with E-state index in [0.717, 1.165) is 35.5 Å². The fourth-order valence-corrected chi connectivity index (χ4v) is 2.19. The first-order valence-electron chi connectivity index (χ1n) is 5.37. The number of benzene rings is 1. The highest BCUT2D eigenvalue weighted by Gasteiger charge is 2.24. The van der Waals surface area contributed by atoms with E-state index in [1.807, 2.05) is 25.1 Å². The quantitative estimate of drug-likeness (QED) is 0.811. The molecule has 82 valence electrons. The molecule has 2 rings (SSSR count). The van der Waals surface area contributed by atoms with Crippen molar-refractivity contribution >= 4 is 17.3 Å². The molecule has 1 aromatic carbocycles. The van der Waals surface area contributed by atoms with Gasteiger partial charge in [-0.25, -0.2) is 0 Å². The summed E-state index contributed by atoms with van der Waals surface area (Å²) in [5.74, 6) is 0. The Morgan fingerprint density at radius 2 is 2.20 bits per heavy atom. The van der Waals surface area contributed by atoms with Crippen molar-refractivity contribution in [3.05, 3.63) is 28.8 Å². The number of nitrogens with one attached hydrogen (secondary N) is 1. The Bertz CT molecular complexity index is 353. The normalized spacial score (nSPS) is 25.5. The molecule has 0 bridgehead atoms. The molecule has 0 spiro atoms. The summed E-state index contributed by atoms with van der Waals surface area (Å²) in [5, 5.41) is 13.8. The number of halogens is 1. The topological polar surface area (TPSA) is 32.3 Å². The molecule has 0 heterocycles. The average Bonchev–Trinajstić information content (AvgIpc) is 2.59. The van der Waals surface area contributed by atoms with Crippen LogP contribution in [0.15, 0.2) is 18.2 Å². The van der Waals surface area contributed by atoms with E-state index >= 15 is 0 Å². The fraction of sp³-hybridized carbons (Fsp3) is 0.500. The third-order valence-electron chi connectivity index (χ3n) is 3.00. The molecule has 2 atom stereocenters. The summed E-state index contributed by atoms with van der Waals surface area (Å²) >= 11 is 6.03. The van der Waals surface area contributed by atoms with E-state index in [0.29, 0.717) is 0 Å². The fourth-order valence-electron chi connectivity index (χ4n) is 2.01. The first kappa shape index (κ1) is 10.8. The molecule has 1 aliphatic carbocycles. The number of aryl methyl sites for hydroxylation is 1. The van der Waals surface area contributed by atoms with Gasteiger partial charge in [0.1, 0.15) is 0 Å². The van der Waals surface area contributed by atoms with Crippen LogP contribution < -0.4 is 5.32 Å². The summed E-state index contributed by atoms with van der Waals surface area (Å²) in [6.07, 6.45) is 2.81. The molecular weight excluding hydrogens is 210 g/mol. The number of aliphatic hydroxyl groups excluding tert-OH is 1. The first-order valence-corrected chi connectivity index (χ1v) is 5.75. The van der Waals surface area contributed by atoms with Gasteiger partial charge >= 0.3 is 0 Å². The van der Waals surface area contributed by atoms with Gasteiger partial charge in [0.05, 0.1) is 12.1 Å². The molecule has 1 fully saturated rings. The molecule has 0 aliphatic heterocycles. The summed E-state index contributed by atoms with van der Waals surface area (Å²) < 4.78 is 0. The Morgan fingerprint density at radius 1 is 1.40 bits per heavy atom. The lowest BCUT2D eigenvalue weighted by atomic mass is 10.1. The van der Waals surface area contributed by atoms with Crippen LogP contribution in [0.25, 0.3) is 0 Å². The highest BCUT2D eigenvalue weighted by molar-refractivity contribution is 6.31. The monoisotopic (exact) mass is 225 g/mol. The minimum atomic E-state index is -0.218. The van der Waals surface area contributed by atoms with Crippen molar-refractivity contribution in [3.8, 4) is 0 Å². The smallest absolute Gasteiger partial charge is 0.0741 e. The molecular formula is C12H16ClNO. The Hall–Kier alpha value is -0.730.